The minimum Gasteiger partial charge on any atom is -0.352 e. The number of ketones is 1. The Morgan fingerprint density at radius 2 is 2.08 bits per heavy atom. The Morgan fingerprint density at radius 3 is 2.67 bits per heavy atom. The molecule has 1 N–H and O–H groups in total. The Morgan fingerprint density at radius 1 is 1.38 bits per heavy atom. The second-order valence-corrected chi connectivity index (χ2v) is 5.94. The number of nitrogens with one attached hydrogen (secondary N) is 1. The predicted octanol–water partition coefficient (Wildman–Crippen LogP) is 2.08. The third-order valence-electron chi connectivity index (χ3n) is 3.27. The molecule has 1 heterocycles. The van der Waals surface area contributed by atoms with Crippen LogP contribution < -0.4 is 5.32 Å². The van der Waals surface area contributed by atoms with Crippen molar-refractivity contribution in [2.75, 3.05) is 0 Å². The summed E-state index contributed by atoms with van der Waals surface area (Å²) in [6.45, 7) is 5.14. The molecule has 0 spiro atoms. The van der Waals surface area contributed by atoms with E-state index >= 15 is 0 Å². The van der Waals surface area contributed by atoms with E-state index in [4.69, 9.17) is 11.6 Å². The topological polar surface area (TPSA) is 101 Å². The summed E-state index contributed by atoms with van der Waals surface area (Å²) in [5, 5.41) is 20.0. The Balaban J connectivity index is 2.34. The number of carbonyl (C=O) groups is 2. The van der Waals surface area contributed by atoms with Crippen LogP contribution in [0.4, 0.5) is 0 Å². The van der Waals surface area contributed by atoms with Crippen molar-refractivity contribution in [1.29, 1.82) is 5.26 Å². The highest BCUT2D eigenvalue weighted by atomic mass is 35.5. The largest absolute Gasteiger partial charge is 0.352 e. The van der Waals surface area contributed by atoms with Gasteiger partial charge < -0.3 is 5.32 Å². The summed E-state index contributed by atoms with van der Waals surface area (Å²) in [5.41, 5.74) is 1.05. The molecule has 0 saturated heterocycles. The van der Waals surface area contributed by atoms with Crippen LogP contribution >= 0.6 is 11.6 Å². The maximum Gasteiger partial charge on any atom is 0.245 e. The maximum absolute atomic E-state index is 12.5. The van der Waals surface area contributed by atoms with Gasteiger partial charge in [-0.2, -0.15) is 5.26 Å². The number of rotatable bonds is 5. The average molecular weight is 346 g/mol. The molecule has 0 aliphatic carbocycles. The molecule has 24 heavy (non-hydrogen) atoms. The van der Waals surface area contributed by atoms with Crippen molar-refractivity contribution >= 4 is 23.3 Å². The van der Waals surface area contributed by atoms with Gasteiger partial charge in [-0.1, -0.05) is 22.9 Å². The zero-order valence-electron chi connectivity index (χ0n) is 13.4. The molecule has 2 aromatic rings. The van der Waals surface area contributed by atoms with Gasteiger partial charge in [-0.25, -0.2) is 4.68 Å². The Labute approximate surface area is 144 Å². The van der Waals surface area contributed by atoms with E-state index in [9.17, 15) is 14.9 Å². The molecule has 0 radical (unpaired) electrons. The van der Waals surface area contributed by atoms with Crippen LogP contribution in [0, 0.1) is 24.2 Å². The molecular weight excluding hydrogens is 330 g/mol. The van der Waals surface area contributed by atoms with Gasteiger partial charge in [-0.05, 0) is 39.0 Å². The molecule has 0 fully saturated rings. The van der Waals surface area contributed by atoms with E-state index in [1.165, 1.54) is 4.68 Å². The van der Waals surface area contributed by atoms with Crippen molar-refractivity contribution in [1.82, 2.24) is 20.3 Å². The summed E-state index contributed by atoms with van der Waals surface area (Å²) in [5.74, 6) is -2.79. The van der Waals surface area contributed by atoms with Gasteiger partial charge in [0.25, 0.3) is 0 Å². The highest BCUT2D eigenvalue weighted by Crippen LogP contribution is 2.18. The van der Waals surface area contributed by atoms with E-state index in [-0.39, 0.29) is 11.7 Å². The molecule has 2 rings (SSSR count). The molecule has 0 saturated carbocycles. The van der Waals surface area contributed by atoms with Crippen LogP contribution in [0.25, 0.3) is 5.69 Å². The van der Waals surface area contributed by atoms with E-state index in [0.29, 0.717) is 16.4 Å². The summed E-state index contributed by atoms with van der Waals surface area (Å²) >= 11 is 5.95. The fraction of sp³-hybridized carbons (Fsp3) is 0.312. The van der Waals surface area contributed by atoms with Crippen molar-refractivity contribution in [2.45, 2.75) is 26.8 Å². The number of nitriles is 1. The third-order valence-corrected chi connectivity index (χ3v) is 3.50. The summed E-state index contributed by atoms with van der Waals surface area (Å²) in [4.78, 5) is 24.5. The molecule has 8 heteroatoms. The van der Waals surface area contributed by atoms with Crippen LogP contribution in [0.15, 0.2) is 24.3 Å². The molecule has 0 unspecified atom stereocenters. The van der Waals surface area contributed by atoms with Gasteiger partial charge in [0.15, 0.2) is 11.6 Å². The lowest BCUT2D eigenvalue weighted by molar-refractivity contribution is -0.122. The number of nitrogens with zero attached hydrogens (tertiary/aromatic N) is 4. The smallest absolute Gasteiger partial charge is 0.245 e. The van der Waals surface area contributed by atoms with Crippen LogP contribution in [0.5, 0.6) is 0 Å². The molecule has 124 valence electrons. The van der Waals surface area contributed by atoms with E-state index in [1.807, 2.05) is 0 Å². The molecule has 0 aliphatic rings. The number of halogens is 1. The van der Waals surface area contributed by atoms with Crippen molar-refractivity contribution < 1.29 is 9.59 Å². The third kappa shape index (κ3) is 3.60. The summed E-state index contributed by atoms with van der Waals surface area (Å²) in [6, 6.07) is 8.44. The van der Waals surface area contributed by atoms with Crippen molar-refractivity contribution in [2.24, 2.45) is 5.92 Å². The van der Waals surface area contributed by atoms with Gasteiger partial charge in [0.05, 0.1) is 17.5 Å². The summed E-state index contributed by atoms with van der Waals surface area (Å²) in [7, 11) is 0. The molecular formula is C16H16ClN5O2. The van der Waals surface area contributed by atoms with Crippen molar-refractivity contribution in [3.63, 3.8) is 0 Å². The Hall–Kier alpha value is -2.72. The van der Waals surface area contributed by atoms with Gasteiger partial charge >= 0.3 is 0 Å². The van der Waals surface area contributed by atoms with Gasteiger partial charge in [0.1, 0.15) is 0 Å². The normalized spacial score (nSPS) is 11.8. The first kappa shape index (κ1) is 17.6. The van der Waals surface area contributed by atoms with Crippen LogP contribution in [-0.4, -0.2) is 32.7 Å². The molecule has 0 bridgehead atoms. The zero-order chi connectivity index (χ0) is 17.9. The Kier molecular flexibility index (Phi) is 5.31. The fourth-order valence-electron chi connectivity index (χ4n) is 2.15. The second-order valence-electron chi connectivity index (χ2n) is 5.50. The highest BCUT2D eigenvalue weighted by Gasteiger charge is 2.31. The van der Waals surface area contributed by atoms with Crippen LogP contribution in [-0.2, 0) is 4.79 Å². The highest BCUT2D eigenvalue weighted by molar-refractivity contribution is 6.30. The van der Waals surface area contributed by atoms with Gasteiger partial charge in [-0.15, -0.1) is 5.10 Å². The van der Waals surface area contributed by atoms with E-state index < -0.39 is 17.6 Å². The minimum absolute atomic E-state index is 0.0135. The first-order valence-corrected chi connectivity index (χ1v) is 7.65. The van der Waals surface area contributed by atoms with E-state index in [2.05, 4.69) is 15.6 Å². The van der Waals surface area contributed by atoms with Crippen LogP contribution in [0.3, 0.4) is 0 Å². The second kappa shape index (κ2) is 7.23. The Bertz CT molecular complexity index is 822. The quantitative estimate of drug-likeness (QED) is 0.660. The monoisotopic (exact) mass is 345 g/mol. The number of hydrogen-bond acceptors (Lipinski definition) is 5. The molecule has 1 amide bonds. The first-order chi connectivity index (χ1) is 11.3. The molecule has 1 aromatic carbocycles. The standard InChI is InChI=1S/C16H16ClN5O2/c1-9(2)19-16(24)13(8-18)15(23)14-10(3)22(21-20-14)12-6-4-5-11(17)7-12/h4-7,9,13H,1-3H3,(H,19,24)/t13-/m1/s1. The number of carbonyl (C=O) groups excluding carboxylic acids is 2. The molecule has 1 atom stereocenters. The lowest BCUT2D eigenvalue weighted by Gasteiger charge is -2.11. The molecule has 0 aliphatic heterocycles. The van der Waals surface area contributed by atoms with Crippen LogP contribution in [0.2, 0.25) is 5.02 Å². The minimum atomic E-state index is -1.46. The average Bonchev–Trinajstić information content (AvgIpc) is 2.88. The van der Waals surface area contributed by atoms with Crippen molar-refractivity contribution in [3.8, 4) is 11.8 Å². The first-order valence-electron chi connectivity index (χ1n) is 7.27. The van der Waals surface area contributed by atoms with E-state index in [1.54, 1.807) is 51.1 Å². The number of benzene rings is 1. The molecule has 1 aromatic heterocycles. The maximum atomic E-state index is 12.5. The SMILES string of the molecule is Cc1c(C(=O)[C@@H](C#N)C(=O)NC(C)C)nnn1-c1cccc(Cl)c1. The lowest BCUT2D eigenvalue weighted by atomic mass is 10.0. The lowest BCUT2D eigenvalue weighted by Crippen LogP contribution is -2.38. The number of Topliss-reactive ketones (excluding diaryl/α,β-unsaturated/α-hetero) is 1. The predicted molar refractivity (Wildman–Crippen MR) is 87.8 cm³/mol. The van der Waals surface area contributed by atoms with Crippen molar-refractivity contribution in [3.05, 3.63) is 40.7 Å². The summed E-state index contributed by atoms with van der Waals surface area (Å²) in [6.07, 6.45) is 0. The van der Waals surface area contributed by atoms with Gasteiger partial charge in [-0.3, -0.25) is 9.59 Å². The number of hydrogen-bond donors (Lipinski definition) is 1. The van der Waals surface area contributed by atoms with Gasteiger partial charge in [0.2, 0.25) is 11.7 Å². The van der Waals surface area contributed by atoms with Gasteiger partial charge in [0, 0.05) is 11.1 Å². The van der Waals surface area contributed by atoms with E-state index in [0.717, 1.165) is 0 Å². The summed E-state index contributed by atoms with van der Waals surface area (Å²) < 4.78 is 1.44. The zero-order valence-corrected chi connectivity index (χ0v) is 14.2. The molecule has 7 nitrogen and oxygen atoms in total. The number of amides is 1. The number of aromatic nitrogens is 3. The van der Waals surface area contributed by atoms with Crippen LogP contribution in [0.1, 0.15) is 30.0 Å². The fourth-order valence-corrected chi connectivity index (χ4v) is 2.34.